The summed E-state index contributed by atoms with van der Waals surface area (Å²) in [6.45, 7) is 4.74. The zero-order chi connectivity index (χ0) is 34.1. The molecule has 1 aliphatic carbocycles. The van der Waals surface area contributed by atoms with Gasteiger partial charge in [0.1, 0.15) is 0 Å². The molecule has 10 rings (SSSR count). The Kier molecular flexibility index (Phi) is 6.78. The molecule has 1 aromatic heterocycles. The first-order valence-corrected chi connectivity index (χ1v) is 18.5. The summed E-state index contributed by atoms with van der Waals surface area (Å²) >= 11 is 1.88. The first kappa shape index (κ1) is 29.9. The van der Waals surface area contributed by atoms with Crippen LogP contribution < -0.4 is 4.90 Å². The van der Waals surface area contributed by atoms with Gasteiger partial charge >= 0.3 is 0 Å². The van der Waals surface area contributed by atoms with Gasteiger partial charge in [-0.05, 0) is 86.1 Å². The molecule has 8 aromatic carbocycles. The van der Waals surface area contributed by atoms with Gasteiger partial charge < -0.3 is 4.90 Å². The van der Waals surface area contributed by atoms with Crippen LogP contribution in [0.15, 0.2) is 176 Å². The Hall–Kier alpha value is -5.96. The molecule has 0 bridgehead atoms. The Morgan fingerprint density at radius 2 is 1.12 bits per heavy atom. The lowest BCUT2D eigenvalue weighted by Gasteiger charge is -2.30. The highest BCUT2D eigenvalue weighted by Crippen LogP contribution is 2.53. The molecule has 0 fully saturated rings. The summed E-state index contributed by atoms with van der Waals surface area (Å²) in [6.07, 6.45) is 0. The third-order valence-corrected chi connectivity index (χ3v) is 12.1. The van der Waals surface area contributed by atoms with Crippen molar-refractivity contribution in [3.8, 4) is 33.4 Å². The summed E-state index contributed by atoms with van der Waals surface area (Å²) < 4.78 is 2.59. The van der Waals surface area contributed by atoms with Gasteiger partial charge in [-0.15, -0.1) is 11.3 Å². The minimum absolute atomic E-state index is 0.119. The van der Waals surface area contributed by atoms with Gasteiger partial charge in [0.15, 0.2) is 0 Å². The predicted molar refractivity (Wildman–Crippen MR) is 220 cm³/mol. The predicted octanol–water partition coefficient (Wildman–Crippen LogP) is 14.3. The van der Waals surface area contributed by atoms with Crippen LogP contribution >= 0.6 is 11.3 Å². The monoisotopic (exact) mass is 669 g/mol. The van der Waals surface area contributed by atoms with Gasteiger partial charge in [0, 0.05) is 32.1 Å². The quantitative estimate of drug-likeness (QED) is 0.176. The van der Waals surface area contributed by atoms with Gasteiger partial charge in [0.05, 0.1) is 16.1 Å². The van der Waals surface area contributed by atoms with E-state index in [1.54, 1.807) is 0 Å². The lowest BCUT2D eigenvalue weighted by atomic mass is 9.82. The van der Waals surface area contributed by atoms with E-state index in [9.17, 15) is 0 Å². The maximum absolute atomic E-state index is 2.53. The number of thiophene rings is 1. The second-order valence-electron chi connectivity index (χ2n) is 14.1. The van der Waals surface area contributed by atoms with E-state index in [1.165, 1.54) is 81.1 Å². The van der Waals surface area contributed by atoms with E-state index in [4.69, 9.17) is 0 Å². The van der Waals surface area contributed by atoms with E-state index in [0.29, 0.717) is 0 Å². The van der Waals surface area contributed by atoms with Crippen molar-refractivity contribution in [2.45, 2.75) is 19.3 Å². The molecule has 0 radical (unpaired) electrons. The fourth-order valence-corrected chi connectivity index (χ4v) is 9.48. The summed E-state index contributed by atoms with van der Waals surface area (Å²) in [7, 11) is 0. The largest absolute Gasteiger partial charge is 0.308 e. The van der Waals surface area contributed by atoms with Crippen molar-refractivity contribution >= 4 is 59.3 Å². The van der Waals surface area contributed by atoms with Crippen LogP contribution in [0.2, 0.25) is 0 Å². The number of nitrogens with zero attached hydrogens (tertiary/aromatic N) is 1. The minimum atomic E-state index is -0.119. The number of hydrogen-bond donors (Lipinski definition) is 0. The summed E-state index contributed by atoms with van der Waals surface area (Å²) in [5, 5.41) is 5.09. The fourth-order valence-electron chi connectivity index (χ4n) is 8.27. The Morgan fingerprint density at radius 3 is 2.02 bits per heavy atom. The normalized spacial score (nSPS) is 13.1. The summed E-state index contributed by atoms with van der Waals surface area (Å²) in [6, 6.07) is 65.0. The maximum Gasteiger partial charge on any atom is 0.0640 e. The summed E-state index contributed by atoms with van der Waals surface area (Å²) in [4.78, 5) is 2.53. The van der Waals surface area contributed by atoms with Crippen molar-refractivity contribution in [3.05, 3.63) is 187 Å². The van der Waals surface area contributed by atoms with Crippen LogP contribution in [-0.4, -0.2) is 0 Å². The molecule has 9 aromatic rings. The number of anilines is 3. The van der Waals surface area contributed by atoms with Crippen LogP contribution in [0.3, 0.4) is 0 Å². The lowest BCUT2D eigenvalue weighted by molar-refractivity contribution is 0.660. The molecule has 1 heterocycles. The molecular formula is C49H35NS. The molecule has 0 saturated heterocycles. The van der Waals surface area contributed by atoms with Crippen molar-refractivity contribution in [2.24, 2.45) is 0 Å². The van der Waals surface area contributed by atoms with E-state index in [2.05, 4.69) is 195 Å². The first-order valence-electron chi connectivity index (χ1n) is 17.7. The van der Waals surface area contributed by atoms with Gasteiger partial charge in [-0.25, -0.2) is 0 Å². The number of rotatable bonds is 5. The van der Waals surface area contributed by atoms with Crippen LogP contribution in [0.5, 0.6) is 0 Å². The zero-order valence-corrected chi connectivity index (χ0v) is 29.4. The van der Waals surface area contributed by atoms with Crippen LogP contribution in [0.25, 0.3) is 64.3 Å². The highest BCUT2D eigenvalue weighted by molar-refractivity contribution is 7.26. The number of benzene rings is 8. The maximum atomic E-state index is 2.53. The molecule has 0 saturated carbocycles. The number of hydrogen-bond acceptors (Lipinski definition) is 2. The molecule has 1 aliphatic rings. The van der Waals surface area contributed by atoms with Crippen molar-refractivity contribution in [2.75, 3.05) is 4.90 Å². The third kappa shape index (κ3) is 4.75. The third-order valence-electron chi connectivity index (χ3n) is 10.9. The molecule has 0 unspecified atom stereocenters. The van der Waals surface area contributed by atoms with Crippen LogP contribution in [0.4, 0.5) is 17.1 Å². The molecule has 242 valence electrons. The second kappa shape index (κ2) is 11.6. The Morgan fingerprint density at radius 1 is 0.431 bits per heavy atom. The van der Waals surface area contributed by atoms with Crippen molar-refractivity contribution in [3.63, 3.8) is 0 Å². The standard InChI is InChI=1S/C49H35NS/c1-49(2)43-20-10-8-17-39(43)40-28-26-37(31-44(40)49)50(45-21-12-19-42-41-18-9-11-22-47(41)51-48(42)45)46-30-36(25-27-38(46)33-14-4-3-5-15-33)35-24-23-32-13-6-7-16-34(32)29-35/h3-31H,1-2H3. The van der Waals surface area contributed by atoms with Crippen LogP contribution in [0, 0.1) is 0 Å². The van der Waals surface area contributed by atoms with E-state index in [-0.39, 0.29) is 5.41 Å². The zero-order valence-electron chi connectivity index (χ0n) is 28.6. The SMILES string of the molecule is CC1(C)c2ccccc2-c2ccc(N(c3cc(-c4ccc5ccccc5c4)ccc3-c3ccccc3)c3cccc4c3sc3ccccc34)cc21. The average Bonchev–Trinajstić information content (AvgIpc) is 3.68. The average molecular weight is 670 g/mol. The smallest absolute Gasteiger partial charge is 0.0640 e. The molecular weight excluding hydrogens is 635 g/mol. The molecule has 0 amide bonds. The lowest BCUT2D eigenvalue weighted by Crippen LogP contribution is -2.17. The topological polar surface area (TPSA) is 3.24 Å². The Balaban J connectivity index is 1.27. The summed E-state index contributed by atoms with van der Waals surface area (Å²) in [5.74, 6) is 0. The van der Waals surface area contributed by atoms with Crippen LogP contribution in [0.1, 0.15) is 25.0 Å². The number of fused-ring (bicyclic) bond motifs is 7. The first-order chi connectivity index (χ1) is 25.0. The van der Waals surface area contributed by atoms with E-state index < -0.39 is 0 Å². The van der Waals surface area contributed by atoms with Gasteiger partial charge in [0.2, 0.25) is 0 Å². The highest BCUT2D eigenvalue weighted by Gasteiger charge is 2.36. The van der Waals surface area contributed by atoms with Gasteiger partial charge in [-0.3, -0.25) is 0 Å². The molecule has 0 spiro atoms. The minimum Gasteiger partial charge on any atom is -0.308 e. The van der Waals surface area contributed by atoms with E-state index in [0.717, 1.165) is 11.4 Å². The molecule has 2 heteroatoms. The highest BCUT2D eigenvalue weighted by atomic mass is 32.1. The van der Waals surface area contributed by atoms with Crippen LogP contribution in [-0.2, 0) is 5.41 Å². The summed E-state index contributed by atoms with van der Waals surface area (Å²) in [5.41, 5.74) is 13.6. The van der Waals surface area contributed by atoms with Gasteiger partial charge in [-0.1, -0.05) is 153 Å². The van der Waals surface area contributed by atoms with E-state index >= 15 is 0 Å². The molecule has 0 aliphatic heterocycles. The van der Waals surface area contributed by atoms with Crippen molar-refractivity contribution < 1.29 is 0 Å². The Bertz CT molecular complexity index is 2790. The molecule has 51 heavy (non-hydrogen) atoms. The van der Waals surface area contributed by atoms with E-state index in [1.807, 2.05) is 11.3 Å². The molecule has 0 N–H and O–H groups in total. The molecule has 1 nitrogen and oxygen atoms in total. The fraction of sp³-hybridized carbons (Fsp3) is 0.0612. The van der Waals surface area contributed by atoms with Gasteiger partial charge in [0.25, 0.3) is 0 Å². The molecule has 0 atom stereocenters. The van der Waals surface area contributed by atoms with Gasteiger partial charge in [-0.2, -0.15) is 0 Å². The van der Waals surface area contributed by atoms with Crippen molar-refractivity contribution in [1.29, 1.82) is 0 Å². The Labute approximate surface area is 302 Å². The van der Waals surface area contributed by atoms with Crippen molar-refractivity contribution in [1.82, 2.24) is 0 Å². The second-order valence-corrected chi connectivity index (χ2v) is 15.2.